The first-order valence-corrected chi connectivity index (χ1v) is 7.82. The highest BCUT2D eigenvalue weighted by molar-refractivity contribution is 7.54. The Bertz CT molecular complexity index is 395. The summed E-state index contributed by atoms with van der Waals surface area (Å²) in [6, 6.07) is 5.99. The Labute approximate surface area is 108 Å². The van der Waals surface area contributed by atoms with Crippen LogP contribution in [0.5, 0.6) is 0 Å². The molecular formula is C13H20FO3P. The molecule has 0 aliphatic carbocycles. The number of benzene rings is 1. The van der Waals surface area contributed by atoms with Crippen LogP contribution in [0.15, 0.2) is 24.3 Å². The van der Waals surface area contributed by atoms with Crippen LogP contribution in [-0.2, 0) is 13.6 Å². The molecule has 1 atom stereocenters. The molecule has 0 amide bonds. The third kappa shape index (κ3) is 3.64. The lowest BCUT2D eigenvalue weighted by molar-refractivity contribution is 0.211. The Hall–Kier alpha value is -0.700. The van der Waals surface area contributed by atoms with Crippen molar-refractivity contribution in [2.75, 3.05) is 13.2 Å². The maximum atomic E-state index is 12.9. The van der Waals surface area contributed by atoms with E-state index in [0.29, 0.717) is 19.6 Å². The average molecular weight is 274 g/mol. The number of hydrogen-bond acceptors (Lipinski definition) is 3. The lowest BCUT2D eigenvalue weighted by Crippen LogP contribution is -2.06. The highest BCUT2D eigenvalue weighted by Gasteiger charge is 2.35. The zero-order valence-corrected chi connectivity index (χ0v) is 12.0. The number of halogens is 1. The van der Waals surface area contributed by atoms with Crippen molar-refractivity contribution in [3.63, 3.8) is 0 Å². The van der Waals surface area contributed by atoms with E-state index in [0.717, 1.165) is 5.56 Å². The third-order valence-electron chi connectivity index (χ3n) is 2.64. The predicted molar refractivity (Wildman–Crippen MR) is 70.3 cm³/mol. The smallest absolute Gasteiger partial charge is 0.308 e. The largest absolute Gasteiger partial charge is 0.338 e. The average Bonchev–Trinajstić information content (AvgIpc) is 2.33. The van der Waals surface area contributed by atoms with Gasteiger partial charge >= 0.3 is 7.60 Å². The Kier molecular flexibility index (Phi) is 6.00. The van der Waals surface area contributed by atoms with E-state index < -0.39 is 7.60 Å². The van der Waals surface area contributed by atoms with Gasteiger partial charge in [0.2, 0.25) is 0 Å². The SMILES string of the molecule is CCOP(=O)(OCC)C(CC)c1ccc(F)cc1. The molecule has 0 saturated heterocycles. The number of hydrogen-bond donors (Lipinski definition) is 0. The van der Waals surface area contributed by atoms with Crippen LogP contribution in [-0.4, -0.2) is 13.2 Å². The molecule has 1 aromatic carbocycles. The molecule has 102 valence electrons. The van der Waals surface area contributed by atoms with Crippen LogP contribution in [0.4, 0.5) is 4.39 Å². The van der Waals surface area contributed by atoms with Gasteiger partial charge in [-0.05, 0) is 38.0 Å². The maximum absolute atomic E-state index is 12.9. The minimum atomic E-state index is -3.19. The molecule has 1 rings (SSSR count). The highest BCUT2D eigenvalue weighted by atomic mass is 31.2. The molecule has 0 heterocycles. The molecule has 1 aromatic rings. The summed E-state index contributed by atoms with van der Waals surface area (Å²) in [7, 11) is -3.19. The first-order chi connectivity index (χ1) is 8.57. The van der Waals surface area contributed by atoms with Crippen molar-refractivity contribution in [2.24, 2.45) is 0 Å². The fourth-order valence-corrected chi connectivity index (χ4v) is 4.04. The third-order valence-corrected chi connectivity index (χ3v) is 5.30. The van der Waals surface area contributed by atoms with Crippen LogP contribution in [0, 0.1) is 5.82 Å². The predicted octanol–water partition coefficient (Wildman–Crippen LogP) is 4.54. The first-order valence-electron chi connectivity index (χ1n) is 6.21. The molecule has 0 aliphatic heterocycles. The zero-order chi connectivity index (χ0) is 13.6. The molecule has 0 aliphatic rings. The molecule has 3 nitrogen and oxygen atoms in total. The second kappa shape index (κ2) is 7.03. The first kappa shape index (κ1) is 15.4. The van der Waals surface area contributed by atoms with Gasteiger partial charge in [-0.1, -0.05) is 19.1 Å². The van der Waals surface area contributed by atoms with E-state index in [-0.39, 0.29) is 11.5 Å². The lowest BCUT2D eigenvalue weighted by atomic mass is 10.1. The summed E-state index contributed by atoms with van der Waals surface area (Å²) in [6.45, 7) is 6.13. The van der Waals surface area contributed by atoms with Crippen molar-refractivity contribution in [3.8, 4) is 0 Å². The molecular weight excluding hydrogens is 254 g/mol. The Balaban J connectivity index is 3.05. The van der Waals surface area contributed by atoms with E-state index >= 15 is 0 Å². The molecule has 1 unspecified atom stereocenters. The van der Waals surface area contributed by atoms with E-state index in [9.17, 15) is 8.96 Å². The van der Waals surface area contributed by atoms with Gasteiger partial charge < -0.3 is 9.05 Å². The van der Waals surface area contributed by atoms with Gasteiger partial charge in [-0.2, -0.15) is 0 Å². The van der Waals surface area contributed by atoms with E-state index in [4.69, 9.17) is 9.05 Å². The van der Waals surface area contributed by atoms with Gasteiger partial charge in [-0.15, -0.1) is 0 Å². The Morgan fingerprint density at radius 3 is 2.00 bits per heavy atom. The topological polar surface area (TPSA) is 35.5 Å². The molecule has 0 fully saturated rings. The number of rotatable bonds is 7. The summed E-state index contributed by atoms with van der Waals surface area (Å²) in [6.07, 6.45) is 0.614. The quantitative estimate of drug-likeness (QED) is 0.684. The normalized spacial score (nSPS) is 13.6. The van der Waals surface area contributed by atoms with Crippen molar-refractivity contribution in [1.82, 2.24) is 0 Å². The van der Waals surface area contributed by atoms with E-state index in [1.807, 2.05) is 6.92 Å². The maximum Gasteiger partial charge on any atom is 0.338 e. The minimum Gasteiger partial charge on any atom is -0.308 e. The molecule has 18 heavy (non-hydrogen) atoms. The van der Waals surface area contributed by atoms with Crippen molar-refractivity contribution in [3.05, 3.63) is 35.6 Å². The zero-order valence-electron chi connectivity index (χ0n) is 11.1. The molecule has 0 bridgehead atoms. The van der Waals surface area contributed by atoms with Crippen molar-refractivity contribution in [2.45, 2.75) is 32.9 Å². The van der Waals surface area contributed by atoms with Gasteiger partial charge in [0.1, 0.15) is 5.82 Å². The summed E-state index contributed by atoms with van der Waals surface area (Å²) in [5.41, 5.74) is 0.433. The van der Waals surface area contributed by atoms with Crippen LogP contribution >= 0.6 is 7.60 Å². The second-order valence-corrected chi connectivity index (χ2v) is 6.07. The van der Waals surface area contributed by atoms with E-state index in [2.05, 4.69) is 0 Å². The highest BCUT2D eigenvalue weighted by Crippen LogP contribution is 2.62. The summed E-state index contributed by atoms with van der Waals surface area (Å²) in [5.74, 6) is -0.309. The van der Waals surface area contributed by atoms with E-state index in [1.54, 1.807) is 26.0 Å². The van der Waals surface area contributed by atoms with Gasteiger partial charge in [-0.3, -0.25) is 4.57 Å². The molecule has 0 N–H and O–H groups in total. The van der Waals surface area contributed by atoms with Crippen LogP contribution in [0.1, 0.15) is 38.4 Å². The van der Waals surface area contributed by atoms with Gasteiger partial charge in [0.05, 0.1) is 18.9 Å². The summed E-state index contributed by atoms with van der Waals surface area (Å²) in [4.78, 5) is 0. The Morgan fingerprint density at radius 1 is 1.11 bits per heavy atom. The lowest BCUT2D eigenvalue weighted by Gasteiger charge is -2.25. The summed E-state index contributed by atoms with van der Waals surface area (Å²) < 4.78 is 36.3. The van der Waals surface area contributed by atoms with Gasteiger partial charge in [0, 0.05) is 0 Å². The molecule has 5 heteroatoms. The van der Waals surface area contributed by atoms with Crippen LogP contribution in [0.2, 0.25) is 0 Å². The summed E-state index contributed by atoms with van der Waals surface area (Å²) in [5, 5.41) is 0. The standard InChI is InChI=1S/C13H20FO3P/c1-4-13(11-7-9-12(14)10-8-11)18(15,16-5-2)17-6-3/h7-10,13H,4-6H2,1-3H3. The van der Waals surface area contributed by atoms with Crippen LogP contribution in [0.3, 0.4) is 0 Å². The fourth-order valence-electron chi connectivity index (χ4n) is 1.90. The van der Waals surface area contributed by atoms with Crippen LogP contribution < -0.4 is 0 Å². The minimum absolute atomic E-state index is 0.309. The van der Waals surface area contributed by atoms with Crippen LogP contribution in [0.25, 0.3) is 0 Å². The fraction of sp³-hybridized carbons (Fsp3) is 0.538. The molecule has 0 spiro atoms. The summed E-state index contributed by atoms with van der Waals surface area (Å²) >= 11 is 0. The molecule has 0 saturated carbocycles. The monoisotopic (exact) mass is 274 g/mol. The molecule has 0 aromatic heterocycles. The Morgan fingerprint density at radius 2 is 1.61 bits per heavy atom. The molecule has 0 radical (unpaired) electrons. The van der Waals surface area contributed by atoms with Gasteiger partial charge in [0.25, 0.3) is 0 Å². The second-order valence-electron chi connectivity index (χ2n) is 3.85. The van der Waals surface area contributed by atoms with Gasteiger partial charge in [-0.25, -0.2) is 4.39 Å². The van der Waals surface area contributed by atoms with Crippen molar-refractivity contribution >= 4 is 7.60 Å². The van der Waals surface area contributed by atoms with Crippen molar-refractivity contribution < 1.29 is 18.0 Å². The van der Waals surface area contributed by atoms with E-state index in [1.165, 1.54) is 12.1 Å². The van der Waals surface area contributed by atoms with Crippen molar-refractivity contribution in [1.29, 1.82) is 0 Å². The van der Waals surface area contributed by atoms with Gasteiger partial charge in [0.15, 0.2) is 0 Å².